The van der Waals surface area contributed by atoms with Crippen molar-refractivity contribution in [3.05, 3.63) is 23.7 Å². The second-order valence-corrected chi connectivity index (χ2v) is 4.54. The first-order valence-electron chi connectivity index (χ1n) is 6.43. The summed E-state index contributed by atoms with van der Waals surface area (Å²) in [5.41, 5.74) is 5.97. The summed E-state index contributed by atoms with van der Waals surface area (Å²) in [5.74, 6) is 0.183. The summed E-state index contributed by atoms with van der Waals surface area (Å²) in [4.78, 5) is 15.9. The molecule has 12 nitrogen and oxygen atoms in total. The number of aryl methyl sites for hydroxylation is 2. The summed E-state index contributed by atoms with van der Waals surface area (Å²) in [6.07, 6.45) is 1.47. The Kier molecular flexibility index (Phi) is 3.62. The average molecular weight is 316 g/mol. The van der Waals surface area contributed by atoms with Crippen molar-refractivity contribution in [1.82, 2.24) is 45.4 Å². The number of nitrogens with zero attached hydrogens (tertiary/aromatic N) is 9. The zero-order valence-electron chi connectivity index (χ0n) is 12.3. The minimum atomic E-state index is -0.706. The Morgan fingerprint density at radius 3 is 2.57 bits per heavy atom. The fourth-order valence-electron chi connectivity index (χ4n) is 1.94. The van der Waals surface area contributed by atoms with Gasteiger partial charge in [0, 0.05) is 25.9 Å². The molecule has 0 aromatic carbocycles. The lowest BCUT2D eigenvalue weighted by atomic mass is 10.1. The number of primary amides is 1. The number of aromatic nitrogens is 9. The number of amides is 1. The summed E-state index contributed by atoms with van der Waals surface area (Å²) in [7, 11) is 3.31. The van der Waals surface area contributed by atoms with Gasteiger partial charge in [-0.2, -0.15) is 0 Å². The van der Waals surface area contributed by atoms with E-state index in [1.807, 2.05) is 0 Å². The SMILES string of the molecule is Cn1nnnc1COc1nccc(-c2nnnn2C)c1C(N)=O. The molecular formula is C11H12N10O2. The second-order valence-electron chi connectivity index (χ2n) is 4.54. The third-order valence-electron chi connectivity index (χ3n) is 3.07. The Balaban J connectivity index is 1.99. The van der Waals surface area contributed by atoms with Crippen molar-refractivity contribution in [2.24, 2.45) is 19.8 Å². The van der Waals surface area contributed by atoms with Crippen molar-refractivity contribution in [2.75, 3.05) is 0 Å². The number of rotatable bonds is 5. The van der Waals surface area contributed by atoms with Crippen LogP contribution in [0.1, 0.15) is 16.2 Å². The van der Waals surface area contributed by atoms with Gasteiger partial charge in [-0.1, -0.05) is 0 Å². The number of ether oxygens (including phenoxy) is 1. The highest BCUT2D eigenvalue weighted by atomic mass is 16.5. The van der Waals surface area contributed by atoms with E-state index in [1.165, 1.54) is 15.6 Å². The third kappa shape index (κ3) is 2.68. The zero-order chi connectivity index (χ0) is 16.4. The van der Waals surface area contributed by atoms with E-state index in [2.05, 4.69) is 36.0 Å². The first kappa shape index (κ1) is 14.5. The smallest absolute Gasteiger partial charge is 0.254 e. The van der Waals surface area contributed by atoms with Crippen LogP contribution >= 0.6 is 0 Å². The molecule has 12 heteroatoms. The highest BCUT2D eigenvalue weighted by molar-refractivity contribution is 6.01. The predicted molar refractivity (Wildman–Crippen MR) is 73.7 cm³/mol. The molecule has 3 heterocycles. The quantitative estimate of drug-likeness (QED) is 0.590. The Hall–Kier alpha value is -3.44. The van der Waals surface area contributed by atoms with Gasteiger partial charge in [0.05, 0.1) is 0 Å². The molecule has 3 aromatic rings. The number of carbonyl (C=O) groups is 1. The number of hydrogen-bond donors (Lipinski definition) is 1. The van der Waals surface area contributed by atoms with Gasteiger partial charge in [-0.25, -0.2) is 14.3 Å². The van der Waals surface area contributed by atoms with E-state index in [4.69, 9.17) is 10.5 Å². The fourth-order valence-corrected chi connectivity index (χ4v) is 1.94. The highest BCUT2D eigenvalue weighted by Gasteiger charge is 2.21. The van der Waals surface area contributed by atoms with E-state index in [0.29, 0.717) is 17.2 Å². The summed E-state index contributed by atoms with van der Waals surface area (Å²) in [6.45, 7) is 0.0251. The number of nitrogens with two attached hydrogens (primary N) is 1. The maximum absolute atomic E-state index is 11.9. The summed E-state index contributed by atoms with van der Waals surface area (Å²) >= 11 is 0. The number of pyridine rings is 1. The highest BCUT2D eigenvalue weighted by Crippen LogP contribution is 2.27. The first-order valence-corrected chi connectivity index (χ1v) is 6.43. The summed E-state index contributed by atoms with van der Waals surface area (Å²) in [6, 6.07) is 1.59. The molecule has 0 bridgehead atoms. The standard InChI is InChI=1S/C11H12N10O2/c1-20-7(14-16-18-20)5-23-11-8(9(12)22)6(3-4-13-11)10-15-17-19-21(10)2/h3-4H,5H2,1-2H3,(H2,12,22). The monoisotopic (exact) mass is 316 g/mol. The molecule has 1 amide bonds. The first-order chi connectivity index (χ1) is 11.1. The Bertz CT molecular complexity index is 854. The molecule has 0 unspecified atom stereocenters. The van der Waals surface area contributed by atoms with Crippen molar-refractivity contribution in [1.29, 1.82) is 0 Å². The molecule has 2 N–H and O–H groups in total. The molecule has 3 rings (SSSR count). The van der Waals surface area contributed by atoms with Gasteiger partial charge in [0.2, 0.25) is 5.88 Å². The van der Waals surface area contributed by atoms with Crippen molar-refractivity contribution in [3.8, 4) is 17.3 Å². The van der Waals surface area contributed by atoms with E-state index in [9.17, 15) is 4.79 Å². The minimum absolute atomic E-state index is 0.0251. The fraction of sp³-hybridized carbons (Fsp3) is 0.273. The molecule has 0 aliphatic heterocycles. The number of hydrogen-bond acceptors (Lipinski definition) is 9. The topological polar surface area (TPSA) is 152 Å². The third-order valence-corrected chi connectivity index (χ3v) is 3.07. The van der Waals surface area contributed by atoms with Crippen LogP contribution in [0.3, 0.4) is 0 Å². The van der Waals surface area contributed by atoms with Crippen LogP contribution in [0.2, 0.25) is 0 Å². The van der Waals surface area contributed by atoms with E-state index < -0.39 is 5.91 Å². The normalized spacial score (nSPS) is 10.7. The minimum Gasteiger partial charge on any atom is -0.469 e. The van der Waals surface area contributed by atoms with Crippen LogP contribution in [0.4, 0.5) is 0 Å². The van der Waals surface area contributed by atoms with Crippen LogP contribution in [0.25, 0.3) is 11.4 Å². The van der Waals surface area contributed by atoms with Crippen molar-refractivity contribution >= 4 is 5.91 Å². The molecule has 118 valence electrons. The molecule has 23 heavy (non-hydrogen) atoms. The Labute approximate surface area is 129 Å². The molecule has 0 saturated heterocycles. The molecule has 0 radical (unpaired) electrons. The van der Waals surface area contributed by atoms with E-state index in [0.717, 1.165) is 0 Å². The van der Waals surface area contributed by atoms with Gasteiger partial charge in [-0.15, -0.1) is 10.2 Å². The molecular weight excluding hydrogens is 304 g/mol. The molecule has 0 saturated carbocycles. The molecule has 0 aliphatic rings. The van der Waals surface area contributed by atoms with Gasteiger partial charge < -0.3 is 10.5 Å². The lowest BCUT2D eigenvalue weighted by Gasteiger charge is -2.10. The maximum atomic E-state index is 11.9. The van der Waals surface area contributed by atoms with Gasteiger partial charge in [-0.3, -0.25) is 4.79 Å². The molecule has 0 spiro atoms. The molecule has 0 aliphatic carbocycles. The van der Waals surface area contributed by atoms with E-state index >= 15 is 0 Å². The van der Waals surface area contributed by atoms with Crippen LogP contribution in [0.15, 0.2) is 12.3 Å². The van der Waals surface area contributed by atoms with Crippen LogP contribution in [-0.4, -0.2) is 51.3 Å². The van der Waals surface area contributed by atoms with Crippen LogP contribution < -0.4 is 10.5 Å². The summed E-state index contributed by atoms with van der Waals surface area (Å²) in [5, 5.41) is 22.1. The van der Waals surface area contributed by atoms with Gasteiger partial charge in [0.1, 0.15) is 5.56 Å². The zero-order valence-corrected chi connectivity index (χ0v) is 12.3. The molecule has 0 atom stereocenters. The number of tetrazole rings is 2. The lowest BCUT2D eigenvalue weighted by molar-refractivity contribution is 0.0995. The van der Waals surface area contributed by atoms with E-state index in [1.54, 1.807) is 20.2 Å². The molecule has 3 aromatic heterocycles. The van der Waals surface area contributed by atoms with Gasteiger partial charge in [0.15, 0.2) is 18.3 Å². The van der Waals surface area contributed by atoms with Crippen LogP contribution in [0, 0.1) is 0 Å². The lowest BCUT2D eigenvalue weighted by Crippen LogP contribution is -2.17. The Morgan fingerprint density at radius 2 is 1.96 bits per heavy atom. The van der Waals surface area contributed by atoms with Crippen molar-refractivity contribution in [3.63, 3.8) is 0 Å². The van der Waals surface area contributed by atoms with Gasteiger partial charge in [-0.05, 0) is 26.9 Å². The average Bonchev–Trinajstić information content (AvgIpc) is 3.13. The van der Waals surface area contributed by atoms with Gasteiger partial charge in [0.25, 0.3) is 5.91 Å². The Morgan fingerprint density at radius 1 is 1.22 bits per heavy atom. The molecule has 0 fully saturated rings. The second kappa shape index (κ2) is 5.75. The van der Waals surface area contributed by atoms with Crippen molar-refractivity contribution < 1.29 is 9.53 Å². The van der Waals surface area contributed by atoms with Crippen LogP contribution in [0.5, 0.6) is 5.88 Å². The largest absolute Gasteiger partial charge is 0.469 e. The van der Waals surface area contributed by atoms with Crippen LogP contribution in [-0.2, 0) is 20.7 Å². The van der Waals surface area contributed by atoms with E-state index in [-0.39, 0.29) is 18.1 Å². The summed E-state index contributed by atoms with van der Waals surface area (Å²) < 4.78 is 8.41. The number of carbonyl (C=O) groups excluding carboxylic acids is 1. The predicted octanol–water partition coefficient (Wildman–Crippen LogP) is -1.53. The maximum Gasteiger partial charge on any atom is 0.254 e. The van der Waals surface area contributed by atoms with Gasteiger partial charge >= 0.3 is 0 Å². The van der Waals surface area contributed by atoms with Crippen molar-refractivity contribution in [2.45, 2.75) is 6.61 Å².